The van der Waals surface area contributed by atoms with Crippen molar-refractivity contribution < 1.29 is 27.7 Å². The largest absolute Gasteiger partial charge is 0.494 e. The molecule has 8 rings (SSSR count). The van der Waals surface area contributed by atoms with Crippen molar-refractivity contribution in [3.63, 3.8) is 0 Å². The van der Waals surface area contributed by atoms with Gasteiger partial charge in [0.25, 0.3) is 0 Å². The third-order valence-electron chi connectivity index (χ3n) is 11.8. The Hall–Kier alpha value is -5.58. The summed E-state index contributed by atoms with van der Waals surface area (Å²) >= 11 is 3.52. The zero-order valence-corrected chi connectivity index (χ0v) is 38.1. The molecule has 15 nitrogen and oxygen atoms in total. The first-order valence-corrected chi connectivity index (χ1v) is 24.3. The number of piperazine rings is 1. The number of ether oxygens (including phenoxy) is 1. The van der Waals surface area contributed by atoms with Gasteiger partial charge in [-0.3, -0.25) is 24.5 Å². The van der Waals surface area contributed by atoms with E-state index in [0.29, 0.717) is 69.5 Å². The van der Waals surface area contributed by atoms with Crippen LogP contribution in [0.2, 0.25) is 0 Å². The van der Waals surface area contributed by atoms with Gasteiger partial charge in [0, 0.05) is 106 Å². The van der Waals surface area contributed by atoms with Gasteiger partial charge >= 0.3 is 0 Å². The third-order valence-corrected chi connectivity index (χ3v) is 13.9. The molecule has 5 heterocycles. The quantitative estimate of drug-likeness (QED) is 0.0713. The molecular weight excluding hydrogens is 895 g/mol. The summed E-state index contributed by atoms with van der Waals surface area (Å²) in [5, 5.41) is 16.8. The second-order valence-electron chi connectivity index (χ2n) is 16.7. The number of nitrogens with zero attached hydrogens (tertiary/aromatic N) is 7. The van der Waals surface area contributed by atoms with Gasteiger partial charge in [-0.05, 0) is 96.9 Å². The average molecular weight is 947 g/mol. The van der Waals surface area contributed by atoms with Crippen LogP contribution in [0.4, 0.5) is 49.0 Å². The van der Waals surface area contributed by atoms with E-state index in [4.69, 9.17) is 9.72 Å². The monoisotopic (exact) mass is 945 g/mol. The molecule has 0 bridgehead atoms. The van der Waals surface area contributed by atoms with Crippen LogP contribution in [0.15, 0.2) is 71.6 Å². The number of aryl methyl sites for hydroxylation is 1. The van der Waals surface area contributed by atoms with Crippen molar-refractivity contribution in [2.24, 2.45) is 13.0 Å². The number of nitrogens with one attached hydrogen (secondary N) is 4. The number of piperidine rings is 2. The predicted octanol–water partition coefficient (Wildman–Crippen LogP) is 6.92. The van der Waals surface area contributed by atoms with Crippen molar-refractivity contribution in [2.75, 3.05) is 92.0 Å². The van der Waals surface area contributed by atoms with Crippen LogP contribution < -0.4 is 41.1 Å². The van der Waals surface area contributed by atoms with Crippen LogP contribution in [0, 0.1) is 17.6 Å². The van der Waals surface area contributed by atoms with Crippen molar-refractivity contribution in [3.8, 4) is 16.9 Å². The highest BCUT2D eigenvalue weighted by Crippen LogP contribution is 2.43. The second-order valence-corrected chi connectivity index (χ2v) is 20.7. The minimum atomic E-state index is -2.83. The Morgan fingerprint density at radius 1 is 0.905 bits per heavy atom. The molecule has 2 aromatic heterocycles. The molecule has 5 aromatic rings. The number of methoxy groups -OCH3 is 1. The molecule has 332 valence electrons. The topological polar surface area (TPSA) is 162 Å². The standard InChI is InChI=1S/C44H51BrF2N11O4P/c1-55-26-28(23-49-55)31-21-36(52-44-48-24-32(45)42(54-44)51-34-7-5-29(46)19-40(34)63(3,4)61)39(62-2)22-38(31)57-13-11-27(12-14-57)25-56-15-17-58(18-16-56)37-9-6-30(20-33(37)47)50-35-8-10-41(59)53-43(35)60/h5-7,9,19-24,26-27,35,50H,8,10-18,25H2,1-4H3,(H,53,59,60)(H2,48,51,52,54). The molecule has 3 aliphatic heterocycles. The van der Waals surface area contributed by atoms with Crippen molar-refractivity contribution >= 4 is 80.4 Å². The molecular formula is C44H51BrF2N11O4P. The number of carbonyl (C=O) groups excluding carboxylic acids is 2. The lowest BCUT2D eigenvalue weighted by molar-refractivity contribution is -0.133. The first-order chi connectivity index (χ1) is 30.2. The molecule has 0 spiro atoms. The zero-order valence-electron chi connectivity index (χ0n) is 35.6. The number of hydrogen-bond acceptors (Lipinski definition) is 13. The van der Waals surface area contributed by atoms with Crippen LogP contribution in [-0.2, 0) is 21.2 Å². The SMILES string of the molecule is COc1cc(N2CCC(CN3CCN(c4ccc(NC5CCC(=O)NC5=O)cc4F)CC3)CC2)c(-c2cnn(C)c2)cc1Nc1ncc(Br)c(Nc2ccc(F)cc2P(C)(C)=O)n1. The number of amides is 2. The van der Waals surface area contributed by atoms with Crippen LogP contribution in [0.5, 0.6) is 5.75 Å². The van der Waals surface area contributed by atoms with E-state index in [2.05, 4.69) is 62.0 Å². The summed E-state index contributed by atoms with van der Waals surface area (Å²) in [6.07, 6.45) is 8.09. The van der Waals surface area contributed by atoms with Gasteiger partial charge in [-0.15, -0.1) is 0 Å². The van der Waals surface area contributed by atoms with Crippen LogP contribution >= 0.6 is 23.1 Å². The van der Waals surface area contributed by atoms with Crippen molar-refractivity contribution in [1.29, 1.82) is 0 Å². The van der Waals surface area contributed by atoms with E-state index in [1.165, 1.54) is 18.2 Å². The van der Waals surface area contributed by atoms with Gasteiger partial charge in [-0.2, -0.15) is 10.1 Å². The number of halogens is 3. The average Bonchev–Trinajstić information content (AvgIpc) is 3.69. The summed E-state index contributed by atoms with van der Waals surface area (Å²) in [4.78, 5) is 39.9. The summed E-state index contributed by atoms with van der Waals surface area (Å²) in [6, 6.07) is 12.6. The number of benzene rings is 3. The highest BCUT2D eigenvalue weighted by molar-refractivity contribution is 9.10. The fourth-order valence-corrected chi connectivity index (χ4v) is 9.92. The predicted molar refractivity (Wildman–Crippen MR) is 247 cm³/mol. The summed E-state index contributed by atoms with van der Waals surface area (Å²) in [6.45, 7) is 8.97. The minimum absolute atomic E-state index is 0.254. The van der Waals surface area contributed by atoms with E-state index < -0.39 is 19.0 Å². The molecule has 3 aliphatic rings. The van der Waals surface area contributed by atoms with Gasteiger partial charge in [0.2, 0.25) is 17.8 Å². The summed E-state index contributed by atoms with van der Waals surface area (Å²) in [7, 11) is 0.690. The van der Waals surface area contributed by atoms with E-state index >= 15 is 4.39 Å². The molecule has 3 fully saturated rings. The number of imide groups is 1. The first kappa shape index (κ1) is 44.0. The lowest BCUT2D eigenvalue weighted by atomic mass is 9.94. The maximum Gasteiger partial charge on any atom is 0.249 e. The van der Waals surface area contributed by atoms with Crippen molar-refractivity contribution in [2.45, 2.75) is 31.7 Å². The number of anilines is 7. The van der Waals surface area contributed by atoms with Crippen LogP contribution in [-0.4, -0.2) is 109 Å². The number of hydrogen-bond donors (Lipinski definition) is 4. The Labute approximate surface area is 373 Å². The molecule has 3 saturated heterocycles. The fourth-order valence-electron chi connectivity index (χ4n) is 8.49. The van der Waals surface area contributed by atoms with Gasteiger partial charge < -0.3 is 35.1 Å². The molecule has 0 saturated carbocycles. The normalized spacial score (nSPS) is 17.7. The molecule has 0 aliphatic carbocycles. The molecule has 1 atom stereocenters. The Balaban J connectivity index is 0.912. The second kappa shape index (κ2) is 18.6. The van der Waals surface area contributed by atoms with Crippen LogP contribution in [0.1, 0.15) is 25.7 Å². The Morgan fingerprint density at radius 2 is 1.67 bits per heavy atom. The van der Waals surface area contributed by atoms with Gasteiger partial charge in [0.15, 0.2) is 0 Å². The number of aromatic nitrogens is 4. The molecule has 2 amide bonds. The summed E-state index contributed by atoms with van der Waals surface area (Å²) in [5.41, 5.74) is 5.15. The van der Waals surface area contributed by atoms with Crippen molar-refractivity contribution in [1.82, 2.24) is 30.0 Å². The highest BCUT2D eigenvalue weighted by atomic mass is 79.9. The smallest absolute Gasteiger partial charge is 0.249 e. The molecule has 1 unspecified atom stereocenters. The molecule has 4 N–H and O–H groups in total. The summed E-state index contributed by atoms with van der Waals surface area (Å²) < 4.78 is 50.9. The number of carbonyl (C=O) groups is 2. The fraction of sp³-hybridized carbons (Fsp3) is 0.386. The Bertz CT molecular complexity index is 2560. The lowest BCUT2D eigenvalue weighted by Gasteiger charge is -2.40. The van der Waals surface area contributed by atoms with E-state index in [1.54, 1.807) is 49.5 Å². The van der Waals surface area contributed by atoms with Gasteiger partial charge in [-0.25, -0.2) is 13.8 Å². The van der Waals surface area contributed by atoms with E-state index in [-0.39, 0.29) is 30.0 Å². The van der Waals surface area contributed by atoms with Gasteiger partial charge in [-0.1, -0.05) is 0 Å². The van der Waals surface area contributed by atoms with Crippen LogP contribution in [0.25, 0.3) is 11.1 Å². The Kier molecular flexibility index (Phi) is 13.0. The van der Waals surface area contributed by atoms with E-state index in [0.717, 1.165) is 62.4 Å². The molecule has 3 aromatic carbocycles. The van der Waals surface area contributed by atoms with E-state index in [9.17, 15) is 18.5 Å². The Morgan fingerprint density at radius 3 is 2.35 bits per heavy atom. The first-order valence-electron chi connectivity index (χ1n) is 21.0. The zero-order chi connectivity index (χ0) is 44.4. The maximum absolute atomic E-state index is 15.3. The molecule has 63 heavy (non-hydrogen) atoms. The third kappa shape index (κ3) is 10.3. The minimum Gasteiger partial charge on any atom is -0.494 e. The van der Waals surface area contributed by atoms with Crippen molar-refractivity contribution in [3.05, 3.63) is 83.2 Å². The molecule has 19 heteroatoms. The summed E-state index contributed by atoms with van der Waals surface area (Å²) in [5.74, 6) is 0.323. The van der Waals surface area contributed by atoms with Gasteiger partial charge in [0.1, 0.15) is 36.4 Å². The van der Waals surface area contributed by atoms with E-state index in [1.807, 2.05) is 31.6 Å². The number of rotatable bonds is 13. The maximum atomic E-state index is 15.3. The molecule has 0 radical (unpaired) electrons. The highest BCUT2D eigenvalue weighted by Gasteiger charge is 2.29. The van der Waals surface area contributed by atoms with Crippen LogP contribution in [0.3, 0.4) is 0 Å². The van der Waals surface area contributed by atoms with Gasteiger partial charge in [0.05, 0.1) is 34.8 Å². The lowest BCUT2D eigenvalue weighted by Crippen LogP contribution is -2.49.